The normalized spacial score (nSPS) is 15.5. The molecule has 0 bridgehead atoms. The van der Waals surface area contributed by atoms with Crippen molar-refractivity contribution in [1.82, 2.24) is 9.88 Å². The molecule has 6 heteroatoms. The monoisotopic (exact) mass is 420 g/mol. The summed E-state index contributed by atoms with van der Waals surface area (Å²) in [5.41, 5.74) is 5.21. The Labute approximate surface area is 180 Å². The van der Waals surface area contributed by atoms with Gasteiger partial charge in [-0.2, -0.15) is 0 Å². The first kappa shape index (κ1) is 20.3. The quantitative estimate of drug-likeness (QED) is 0.585. The molecule has 3 aromatic rings. The van der Waals surface area contributed by atoms with Gasteiger partial charge in [0.2, 0.25) is 5.91 Å². The van der Waals surface area contributed by atoms with Gasteiger partial charge in [0.15, 0.2) is 0 Å². The predicted octanol–water partition coefficient (Wildman–Crippen LogP) is 4.04. The van der Waals surface area contributed by atoms with Crippen molar-refractivity contribution in [2.24, 2.45) is 0 Å². The largest absolute Gasteiger partial charge is 0.467 e. The van der Waals surface area contributed by atoms with Gasteiger partial charge in [0.05, 0.1) is 19.2 Å². The van der Waals surface area contributed by atoms with E-state index in [2.05, 4.69) is 36.2 Å². The molecule has 1 amide bonds. The number of amides is 1. The highest BCUT2D eigenvalue weighted by Crippen LogP contribution is 2.27. The average Bonchev–Trinajstić information content (AvgIpc) is 3.26. The summed E-state index contributed by atoms with van der Waals surface area (Å²) in [5, 5.41) is 2.82. The third-order valence-corrected chi connectivity index (χ3v) is 6.48. The number of thiazole rings is 1. The number of hydrogen-bond donors (Lipinski definition) is 0. The highest BCUT2D eigenvalue weighted by atomic mass is 32.1. The maximum atomic E-state index is 13.1. The Morgan fingerprint density at radius 1 is 1.13 bits per heavy atom. The molecule has 1 unspecified atom stereocenters. The van der Waals surface area contributed by atoms with E-state index in [1.54, 1.807) is 4.90 Å². The Morgan fingerprint density at radius 2 is 1.87 bits per heavy atom. The Morgan fingerprint density at radius 3 is 2.57 bits per heavy atom. The molecule has 1 aromatic heterocycles. The van der Waals surface area contributed by atoms with Gasteiger partial charge in [-0.3, -0.25) is 4.79 Å². The lowest BCUT2D eigenvalue weighted by Crippen LogP contribution is -2.49. The van der Waals surface area contributed by atoms with Crippen LogP contribution in [0.5, 0.6) is 0 Å². The van der Waals surface area contributed by atoms with Crippen molar-refractivity contribution in [2.45, 2.75) is 38.8 Å². The zero-order valence-corrected chi connectivity index (χ0v) is 17.9. The summed E-state index contributed by atoms with van der Waals surface area (Å²) in [4.78, 5) is 31.8. The molecule has 0 fully saturated rings. The summed E-state index contributed by atoms with van der Waals surface area (Å²) in [5.74, 6) is -0.495. The van der Waals surface area contributed by atoms with E-state index in [1.807, 2.05) is 29.6 Å². The molecule has 0 radical (unpaired) electrons. The number of ether oxygens (including phenoxy) is 1. The highest BCUT2D eigenvalue weighted by Gasteiger charge is 2.35. The zero-order chi connectivity index (χ0) is 21.1. The van der Waals surface area contributed by atoms with Crippen LogP contribution in [0, 0.1) is 0 Å². The van der Waals surface area contributed by atoms with E-state index >= 15 is 0 Å². The van der Waals surface area contributed by atoms with Gasteiger partial charge >= 0.3 is 5.97 Å². The first-order valence-electron chi connectivity index (χ1n) is 10.1. The fourth-order valence-corrected chi connectivity index (χ4v) is 4.62. The van der Waals surface area contributed by atoms with Gasteiger partial charge in [-0.1, -0.05) is 55.5 Å². The lowest BCUT2D eigenvalue weighted by atomic mass is 9.93. The molecule has 0 spiro atoms. The molecule has 0 aliphatic carbocycles. The van der Waals surface area contributed by atoms with E-state index in [0.717, 1.165) is 33.8 Å². The molecule has 4 rings (SSSR count). The maximum Gasteiger partial charge on any atom is 0.328 e. The van der Waals surface area contributed by atoms with Crippen LogP contribution in [0.3, 0.4) is 0 Å². The maximum absolute atomic E-state index is 13.1. The summed E-state index contributed by atoms with van der Waals surface area (Å²) in [6, 6.07) is 15.7. The van der Waals surface area contributed by atoms with E-state index in [1.165, 1.54) is 24.0 Å². The van der Waals surface area contributed by atoms with Crippen molar-refractivity contribution in [3.63, 3.8) is 0 Å². The minimum absolute atomic E-state index is 0.113. The molecule has 5 nitrogen and oxygen atoms in total. The summed E-state index contributed by atoms with van der Waals surface area (Å²) < 4.78 is 4.97. The lowest BCUT2D eigenvalue weighted by molar-refractivity contribution is -0.153. The number of methoxy groups -OCH3 is 1. The van der Waals surface area contributed by atoms with Crippen molar-refractivity contribution in [1.29, 1.82) is 0 Å². The molecule has 1 aliphatic heterocycles. The van der Waals surface area contributed by atoms with Crippen LogP contribution in [0.1, 0.15) is 29.3 Å². The number of aryl methyl sites for hydroxylation is 1. The number of esters is 1. The number of fused-ring (bicyclic) bond motifs is 1. The highest BCUT2D eigenvalue weighted by molar-refractivity contribution is 7.13. The Hall–Kier alpha value is -2.99. The second-order valence-corrected chi connectivity index (χ2v) is 8.26. The molecule has 1 atom stereocenters. The lowest BCUT2D eigenvalue weighted by Gasteiger charge is -2.35. The number of nitrogens with zero attached hydrogens (tertiary/aromatic N) is 2. The van der Waals surface area contributed by atoms with Crippen LogP contribution in [0.15, 0.2) is 53.9 Å². The van der Waals surface area contributed by atoms with E-state index in [0.29, 0.717) is 13.0 Å². The fraction of sp³-hybridized carbons (Fsp3) is 0.292. The molecule has 0 saturated carbocycles. The van der Waals surface area contributed by atoms with Crippen molar-refractivity contribution in [2.75, 3.05) is 7.11 Å². The van der Waals surface area contributed by atoms with Crippen LogP contribution in [-0.4, -0.2) is 34.9 Å². The van der Waals surface area contributed by atoms with Crippen molar-refractivity contribution in [3.05, 3.63) is 76.3 Å². The predicted molar refractivity (Wildman–Crippen MR) is 117 cm³/mol. The van der Waals surface area contributed by atoms with Gasteiger partial charge in [-0.25, -0.2) is 9.78 Å². The second-order valence-electron chi connectivity index (χ2n) is 7.40. The summed E-state index contributed by atoms with van der Waals surface area (Å²) >= 11 is 1.53. The first-order chi connectivity index (χ1) is 14.6. The van der Waals surface area contributed by atoms with Crippen LogP contribution in [0.4, 0.5) is 0 Å². The molecule has 154 valence electrons. The van der Waals surface area contributed by atoms with Crippen LogP contribution in [0.2, 0.25) is 0 Å². The third-order valence-electron chi connectivity index (χ3n) is 5.54. The van der Waals surface area contributed by atoms with Gasteiger partial charge in [-0.05, 0) is 23.1 Å². The molecule has 30 heavy (non-hydrogen) atoms. The summed E-state index contributed by atoms with van der Waals surface area (Å²) in [6.07, 6.45) is 1.64. The Bertz CT molecular complexity index is 1060. The minimum atomic E-state index is -0.600. The Balaban J connectivity index is 1.52. The van der Waals surface area contributed by atoms with Crippen LogP contribution >= 0.6 is 11.3 Å². The average molecular weight is 421 g/mol. The molecule has 1 aliphatic rings. The second kappa shape index (κ2) is 8.79. The molecular formula is C24H24N2O3S. The molecule has 2 heterocycles. The van der Waals surface area contributed by atoms with E-state index in [9.17, 15) is 9.59 Å². The van der Waals surface area contributed by atoms with Gasteiger partial charge in [0, 0.05) is 23.9 Å². The van der Waals surface area contributed by atoms with Gasteiger partial charge in [0.25, 0.3) is 0 Å². The minimum Gasteiger partial charge on any atom is -0.467 e. The van der Waals surface area contributed by atoms with Crippen LogP contribution in [0.25, 0.3) is 10.6 Å². The van der Waals surface area contributed by atoms with E-state index in [-0.39, 0.29) is 18.3 Å². The smallest absolute Gasteiger partial charge is 0.328 e. The number of aromatic nitrogens is 1. The molecule has 0 saturated heterocycles. The zero-order valence-electron chi connectivity index (χ0n) is 17.1. The number of benzene rings is 2. The van der Waals surface area contributed by atoms with Crippen molar-refractivity contribution in [3.8, 4) is 10.6 Å². The summed E-state index contributed by atoms with van der Waals surface area (Å²) in [6.45, 7) is 2.53. The number of carbonyl (C=O) groups excluding carboxylic acids is 2. The topological polar surface area (TPSA) is 59.5 Å². The van der Waals surface area contributed by atoms with E-state index in [4.69, 9.17) is 4.74 Å². The van der Waals surface area contributed by atoms with Crippen LogP contribution < -0.4 is 0 Å². The van der Waals surface area contributed by atoms with Crippen LogP contribution in [-0.2, 0) is 40.1 Å². The Kier molecular flexibility index (Phi) is 5.95. The van der Waals surface area contributed by atoms with Gasteiger partial charge in [-0.15, -0.1) is 11.3 Å². The number of carbonyl (C=O) groups is 2. The number of rotatable bonds is 5. The van der Waals surface area contributed by atoms with E-state index < -0.39 is 6.04 Å². The number of hydrogen-bond acceptors (Lipinski definition) is 5. The molecule has 2 aromatic carbocycles. The first-order valence-corrected chi connectivity index (χ1v) is 10.9. The fourth-order valence-electron chi connectivity index (χ4n) is 3.79. The SMILES string of the molecule is CCc1ccc(-c2nc(CC(=O)N3Cc4ccccc4CC3C(=O)OC)cs2)cc1. The van der Waals surface area contributed by atoms with Gasteiger partial charge in [0.1, 0.15) is 11.0 Å². The summed E-state index contributed by atoms with van der Waals surface area (Å²) in [7, 11) is 1.36. The molecular weight excluding hydrogens is 396 g/mol. The standard InChI is InChI=1S/C24H24N2O3S/c1-3-16-8-10-17(11-9-16)23-25-20(15-30-23)13-22(27)26-14-19-7-5-4-6-18(19)12-21(26)24(28)29-2/h4-11,15,21H,3,12-14H2,1-2H3. The molecule has 0 N–H and O–H groups in total. The van der Waals surface area contributed by atoms with Crippen molar-refractivity contribution < 1.29 is 14.3 Å². The van der Waals surface area contributed by atoms with Gasteiger partial charge < -0.3 is 9.64 Å². The third kappa shape index (κ3) is 4.14. The van der Waals surface area contributed by atoms with Crippen molar-refractivity contribution >= 4 is 23.2 Å².